The molecule has 0 aliphatic carbocycles. The van der Waals surface area contributed by atoms with Gasteiger partial charge in [0, 0.05) is 19.0 Å². The van der Waals surface area contributed by atoms with Gasteiger partial charge in [-0.2, -0.15) is 0 Å². The summed E-state index contributed by atoms with van der Waals surface area (Å²) >= 11 is 3.24. The Morgan fingerprint density at radius 3 is 2.81 bits per heavy atom. The monoisotopic (exact) mass is 286 g/mol. The fourth-order valence-electron chi connectivity index (χ4n) is 1.07. The van der Waals surface area contributed by atoms with Crippen molar-refractivity contribution >= 4 is 33.6 Å². The van der Waals surface area contributed by atoms with E-state index >= 15 is 0 Å². The second-order valence-electron chi connectivity index (χ2n) is 3.13. The minimum Gasteiger partial charge on any atom is -0.481 e. The van der Waals surface area contributed by atoms with E-state index in [1.165, 1.54) is 0 Å². The largest absolute Gasteiger partial charge is 0.481 e. The number of hydrogen-bond acceptors (Lipinski definition) is 3. The van der Waals surface area contributed by atoms with Gasteiger partial charge in [-0.3, -0.25) is 9.59 Å². The molecule has 1 heterocycles. The van der Waals surface area contributed by atoms with Crippen LogP contribution in [0.5, 0.6) is 0 Å². The zero-order valence-electron chi connectivity index (χ0n) is 8.44. The van der Waals surface area contributed by atoms with Crippen molar-refractivity contribution in [2.45, 2.75) is 19.3 Å². The number of carboxylic acids is 1. The van der Waals surface area contributed by atoms with Crippen LogP contribution >= 0.6 is 15.9 Å². The maximum atomic E-state index is 11.4. The molecule has 1 aromatic heterocycles. The van der Waals surface area contributed by atoms with Gasteiger partial charge in [0.25, 0.3) is 0 Å². The van der Waals surface area contributed by atoms with Gasteiger partial charge in [0.15, 0.2) is 0 Å². The zero-order valence-corrected chi connectivity index (χ0v) is 10.0. The molecule has 0 radical (unpaired) electrons. The Kier molecular flexibility index (Phi) is 4.91. The smallest absolute Gasteiger partial charge is 0.303 e. The number of aliphatic carboxylic acids is 1. The Hall–Kier alpha value is -1.43. The van der Waals surface area contributed by atoms with Crippen molar-refractivity contribution in [3.63, 3.8) is 0 Å². The molecule has 0 aliphatic rings. The molecular formula is C10H11BrN2O3. The SMILES string of the molecule is O=C(O)CCCC(=O)Nc1ncccc1Br. The molecule has 0 aromatic carbocycles. The molecule has 0 saturated carbocycles. The lowest BCUT2D eigenvalue weighted by Crippen LogP contribution is -2.13. The van der Waals surface area contributed by atoms with E-state index in [1.54, 1.807) is 18.3 Å². The average Bonchev–Trinajstić information content (AvgIpc) is 2.21. The van der Waals surface area contributed by atoms with Crippen molar-refractivity contribution in [3.8, 4) is 0 Å². The van der Waals surface area contributed by atoms with Crippen molar-refractivity contribution in [2.75, 3.05) is 5.32 Å². The van der Waals surface area contributed by atoms with E-state index in [1.807, 2.05) is 0 Å². The molecule has 0 bridgehead atoms. The predicted molar refractivity (Wildman–Crippen MR) is 62.1 cm³/mol. The van der Waals surface area contributed by atoms with Crippen molar-refractivity contribution in [1.82, 2.24) is 4.98 Å². The second kappa shape index (κ2) is 6.22. The van der Waals surface area contributed by atoms with Crippen molar-refractivity contribution < 1.29 is 14.7 Å². The minimum absolute atomic E-state index is 0.00317. The van der Waals surface area contributed by atoms with Crippen LogP contribution in [0.4, 0.5) is 5.82 Å². The Balaban J connectivity index is 2.40. The highest BCUT2D eigenvalue weighted by Gasteiger charge is 2.06. The number of rotatable bonds is 5. The van der Waals surface area contributed by atoms with E-state index in [0.717, 1.165) is 0 Å². The van der Waals surface area contributed by atoms with Crippen molar-refractivity contribution in [1.29, 1.82) is 0 Å². The molecule has 16 heavy (non-hydrogen) atoms. The van der Waals surface area contributed by atoms with Gasteiger partial charge in [0.1, 0.15) is 5.82 Å². The van der Waals surface area contributed by atoms with E-state index in [-0.39, 0.29) is 18.7 Å². The van der Waals surface area contributed by atoms with Crippen LogP contribution in [0.3, 0.4) is 0 Å². The third-order valence-corrected chi connectivity index (χ3v) is 2.45. The number of carbonyl (C=O) groups excluding carboxylic acids is 1. The molecule has 0 aliphatic heterocycles. The predicted octanol–water partition coefficient (Wildman–Crippen LogP) is 2.04. The van der Waals surface area contributed by atoms with Crippen molar-refractivity contribution in [3.05, 3.63) is 22.8 Å². The molecule has 86 valence electrons. The van der Waals surface area contributed by atoms with E-state index in [9.17, 15) is 9.59 Å². The normalized spacial score (nSPS) is 9.81. The Bertz CT molecular complexity index is 395. The number of halogens is 1. The average molecular weight is 287 g/mol. The first-order valence-corrected chi connectivity index (χ1v) is 5.51. The topological polar surface area (TPSA) is 79.3 Å². The molecule has 1 amide bonds. The molecule has 0 spiro atoms. The number of amides is 1. The lowest BCUT2D eigenvalue weighted by Gasteiger charge is -2.04. The van der Waals surface area contributed by atoms with Crippen LogP contribution in [0, 0.1) is 0 Å². The summed E-state index contributed by atoms with van der Waals surface area (Å²) in [6.45, 7) is 0. The van der Waals surface area contributed by atoms with E-state index in [0.29, 0.717) is 16.7 Å². The van der Waals surface area contributed by atoms with Crippen LogP contribution in [0.2, 0.25) is 0 Å². The standard InChI is InChI=1S/C10H11BrN2O3/c11-7-3-2-6-12-10(7)13-8(14)4-1-5-9(15)16/h2-3,6H,1,4-5H2,(H,15,16)(H,12,13,14). The van der Waals surface area contributed by atoms with Gasteiger partial charge in [-0.25, -0.2) is 4.98 Å². The molecular weight excluding hydrogens is 276 g/mol. The molecule has 1 aromatic rings. The number of pyridine rings is 1. The van der Waals surface area contributed by atoms with Crippen LogP contribution in [-0.2, 0) is 9.59 Å². The molecule has 5 nitrogen and oxygen atoms in total. The summed E-state index contributed by atoms with van der Waals surface area (Å²) in [5.74, 6) is -0.685. The van der Waals surface area contributed by atoms with E-state index < -0.39 is 5.97 Å². The van der Waals surface area contributed by atoms with Gasteiger partial charge < -0.3 is 10.4 Å². The fraction of sp³-hybridized carbons (Fsp3) is 0.300. The summed E-state index contributed by atoms with van der Waals surface area (Å²) in [5.41, 5.74) is 0. The fourth-order valence-corrected chi connectivity index (χ4v) is 1.43. The van der Waals surface area contributed by atoms with Crippen LogP contribution < -0.4 is 5.32 Å². The number of hydrogen-bond donors (Lipinski definition) is 2. The summed E-state index contributed by atoms with van der Waals surface area (Å²) in [4.78, 5) is 25.6. The van der Waals surface area contributed by atoms with Crippen molar-refractivity contribution in [2.24, 2.45) is 0 Å². The van der Waals surface area contributed by atoms with Gasteiger partial charge in [-0.05, 0) is 34.5 Å². The van der Waals surface area contributed by atoms with E-state index in [4.69, 9.17) is 5.11 Å². The number of nitrogens with one attached hydrogen (secondary N) is 1. The van der Waals surface area contributed by atoms with Crippen LogP contribution in [0.15, 0.2) is 22.8 Å². The molecule has 6 heteroatoms. The third-order valence-electron chi connectivity index (χ3n) is 1.81. The van der Waals surface area contributed by atoms with Gasteiger partial charge in [-0.15, -0.1) is 0 Å². The molecule has 0 atom stereocenters. The Morgan fingerprint density at radius 2 is 2.19 bits per heavy atom. The van der Waals surface area contributed by atoms with Gasteiger partial charge >= 0.3 is 5.97 Å². The highest BCUT2D eigenvalue weighted by molar-refractivity contribution is 9.10. The summed E-state index contributed by atoms with van der Waals surface area (Å²) in [6, 6.07) is 3.50. The first-order chi connectivity index (χ1) is 7.59. The molecule has 0 fully saturated rings. The molecule has 2 N–H and O–H groups in total. The molecule has 1 rings (SSSR count). The summed E-state index contributed by atoms with van der Waals surface area (Å²) in [5, 5.41) is 11.0. The highest BCUT2D eigenvalue weighted by Crippen LogP contribution is 2.18. The highest BCUT2D eigenvalue weighted by atomic mass is 79.9. The van der Waals surface area contributed by atoms with Crippen LogP contribution in [-0.4, -0.2) is 22.0 Å². The maximum absolute atomic E-state index is 11.4. The molecule has 0 saturated heterocycles. The van der Waals surface area contributed by atoms with Gasteiger partial charge in [0.2, 0.25) is 5.91 Å². The van der Waals surface area contributed by atoms with Gasteiger partial charge in [-0.1, -0.05) is 0 Å². The lowest BCUT2D eigenvalue weighted by molar-refractivity contribution is -0.137. The number of nitrogens with zero attached hydrogens (tertiary/aromatic N) is 1. The number of carbonyl (C=O) groups is 2. The van der Waals surface area contributed by atoms with Crippen LogP contribution in [0.1, 0.15) is 19.3 Å². The first kappa shape index (κ1) is 12.6. The van der Waals surface area contributed by atoms with E-state index in [2.05, 4.69) is 26.2 Å². The first-order valence-electron chi connectivity index (χ1n) is 4.72. The quantitative estimate of drug-likeness (QED) is 0.868. The van der Waals surface area contributed by atoms with Crippen LogP contribution in [0.25, 0.3) is 0 Å². The zero-order chi connectivity index (χ0) is 12.0. The molecule has 0 unspecified atom stereocenters. The summed E-state index contributed by atoms with van der Waals surface area (Å²) in [6.07, 6.45) is 2.06. The number of carboxylic acid groups (broad SMARTS) is 1. The Labute approximate surface area is 101 Å². The lowest BCUT2D eigenvalue weighted by atomic mass is 10.2. The summed E-state index contributed by atoms with van der Waals surface area (Å²) < 4.78 is 0.696. The van der Waals surface area contributed by atoms with Gasteiger partial charge in [0.05, 0.1) is 4.47 Å². The summed E-state index contributed by atoms with van der Waals surface area (Å²) in [7, 11) is 0. The third kappa shape index (κ3) is 4.39. The maximum Gasteiger partial charge on any atom is 0.303 e. The number of anilines is 1. The minimum atomic E-state index is -0.896. The second-order valence-corrected chi connectivity index (χ2v) is 3.98. The Morgan fingerprint density at radius 1 is 1.44 bits per heavy atom. The number of aromatic nitrogens is 1.